The predicted molar refractivity (Wildman–Crippen MR) is 138 cm³/mol. The van der Waals surface area contributed by atoms with Crippen LogP contribution in [0.2, 0.25) is 0 Å². The molecule has 174 valence electrons. The zero-order valence-corrected chi connectivity index (χ0v) is 20.9. The Morgan fingerprint density at radius 1 is 1.12 bits per heavy atom. The first-order valence-corrected chi connectivity index (χ1v) is 10.4. The van der Waals surface area contributed by atoms with Crippen LogP contribution >= 0.6 is 24.0 Å². The van der Waals surface area contributed by atoms with Crippen LogP contribution < -0.4 is 26.3 Å². The van der Waals surface area contributed by atoms with E-state index in [9.17, 15) is 4.79 Å². The molecule has 1 saturated heterocycles. The van der Waals surface area contributed by atoms with Crippen molar-refractivity contribution < 1.29 is 14.3 Å². The van der Waals surface area contributed by atoms with E-state index in [0.717, 1.165) is 43.7 Å². The van der Waals surface area contributed by atoms with Crippen LogP contribution in [0.1, 0.15) is 24.0 Å². The van der Waals surface area contributed by atoms with Gasteiger partial charge < -0.3 is 26.3 Å². The Hall–Kier alpha value is -2.53. The van der Waals surface area contributed by atoms with Gasteiger partial charge in [-0.1, -0.05) is 24.3 Å². The number of halogens is 1. The van der Waals surface area contributed by atoms with Crippen molar-refractivity contribution in [2.24, 2.45) is 22.4 Å². The van der Waals surface area contributed by atoms with Crippen molar-refractivity contribution in [1.29, 1.82) is 0 Å². The topological polar surface area (TPSA) is 115 Å². The molecular weight excluding hydrogens is 521 g/mol. The zero-order valence-electron chi connectivity index (χ0n) is 18.5. The minimum Gasteiger partial charge on any atom is -0.493 e. The number of nitrogens with one attached hydrogen (secondary N) is 1. The lowest BCUT2D eigenvalue weighted by atomic mass is 9.97. The molecule has 0 bridgehead atoms. The molecular formula is C23H32IN5O3. The lowest BCUT2D eigenvalue weighted by molar-refractivity contribution is -0.123. The molecule has 32 heavy (non-hydrogen) atoms. The van der Waals surface area contributed by atoms with Gasteiger partial charge in [0, 0.05) is 24.8 Å². The molecule has 1 aliphatic heterocycles. The van der Waals surface area contributed by atoms with Gasteiger partial charge in [0.15, 0.2) is 17.5 Å². The molecule has 8 nitrogen and oxygen atoms in total. The molecule has 1 fully saturated rings. The van der Waals surface area contributed by atoms with Crippen LogP contribution in [0, 0.1) is 5.92 Å². The smallest absolute Gasteiger partial charge is 0.221 e. The first-order valence-electron chi connectivity index (χ1n) is 10.4. The molecule has 2 aromatic rings. The van der Waals surface area contributed by atoms with Crippen molar-refractivity contribution in [2.75, 3.05) is 32.6 Å². The summed E-state index contributed by atoms with van der Waals surface area (Å²) in [7, 11) is 3.18. The number of aliphatic imine (C=N–C) groups is 1. The number of hydrogen-bond acceptors (Lipinski definition) is 5. The highest BCUT2D eigenvalue weighted by Gasteiger charge is 2.23. The maximum Gasteiger partial charge on any atom is 0.221 e. The fourth-order valence-corrected chi connectivity index (χ4v) is 3.79. The molecule has 0 spiro atoms. The quantitative estimate of drug-likeness (QED) is 0.263. The van der Waals surface area contributed by atoms with Crippen molar-refractivity contribution in [1.82, 2.24) is 4.90 Å². The molecule has 0 saturated carbocycles. The number of anilines is 1. The minimum absolute atomic E-state index is 0. The Morgan fingerprint density at radius 2 is 1.88 bits per heavy atom. The third-order valence-electron chi connectivity index (χ3n) is 5.39. The zero-order chi connectivity index (χ0) is 22.2. The highest BCUT2D eigenvalue weighted by molar-refractivity contribution is 14.0. The van der Waals surface area contributed by atoms with E-state index in [1.165, 1.54) is 5.56 Å². The molecule has 1 unspecified atom stereocenters. The average molecular weight is 553 g/mol. The Kier molecular flexibility index (Phi) is 10.0. The number of rotatable bonds is 8. The van der Waals surface area contributed by atoms with E-state index in [1.54, 1.807) is 26.4 Å². The van der Waals surface area contributed by atoms with E-state index in [0.29, 0.717) is 24.0 Å². The molecule has 0 radical (unpaired) electrons. The van der Waals surface area contributed by atoms with Crippen LogP contribution in [0.15, 0.2) is 47.5 Å². The van der Waals surface area contributed by atoms with E-state index >= 15 is 0 Å². The van der Waals surface area contributed by atoms with Gasteiger partial charge in [0.05, 0.1) is 26.7 Å². The number of methoxy groups -OCH3 is 2. The summed E-state index contributed by atoms with van der Waals surface area (Å²) in [5, 5.41) is 3.07. The van der Waals surface area contributed by atoms with Crippen LogP contribution in [0.4, 0.5) is 5.69 Å². The van der Waals surface area contributed by atoms with E-state index in [1.807, 2.05) is 18.2 Å². The van der Waals surface area contributed by atoms with Gasteiger partial charge >= 0.3 is 0 Å². The van der Waals surface area contributed by atoms with Crippen molar-refractivity contribution in [2.45, 2.75) is 25.9 Å². The maximum absolute atomic E-state index is 11.5. The van der Waals surface area contributed by atoms with Crippen molar-refractivity contribution >= 4 is 41.5 Å². The molecule has 3 rings (SSSR count). The van der Waals surface area contributed by atoms with E-state index in [2.05, 4.69) is 27.3 Å². The number of likely N-dealkylation sites (tertiary alicyclic amines) is 1. The Morgan fingerprint density at radius 3 is 2.59 bits per heavy atom. The summed E-state index contributed by atoms with van der Waals surface area (Å²) < 4.78 is 10.6. The SMILES string of the molecule is COc1ccc(NC(N)=NCc2cccc(CN3CCCC(C(N)=O)C3)c2)cc1OC.I. The monoisotopic (exact) mass is 553 g/mol. The number of hydrogen-bond donors (Lipinski definition) is 3. The van der Waals surface area contributed by atoms with Gasteiger partial charge in [-0.3, -0.25) is 9.69 Å². The van der Waals surface area contributed by atoms with Crippen LogP contribution in [0.5, 0.6) is 11.5 Å². The minimum atomic E-state index is -0.203. The first-order chi connectivity index (χ1) is 15.0. The van der Waals surface area contributed by atoms with Crippen LogP contribution in [0.25, 0.3) is 0 Å². The van der Waals surface area contributed by atoms with Crippen LogP contribution in [-0.2, 0) is 17.9 Å². The van der Waals surface area contributed by atoms with Gasteiger partial charge in [0.25, 0.3) is 0 Å². The van der Waals surface area contributed by atoms with Gasteiger partial charge in [-0.05, 0) is 42.6 Å². The second-order valence-corrected chi connectivity index (χ2v) is 7.69. The number of nitrogens with two attached hydrogens (primary N) is 2. The summed E-state index contributed by atoms with van der Waals surface area (Å²) in [5.74, 6) is 1.33. The largest absolute Gasteiger partial charge is 0.493 e. The van der Waals surface area contributed by atoms with Crippen molar-refractivity contribution in [3.63, 3.8) is 0 Å². The van der Waals surface area contributed by atoms with E-state index in [-0.39, 0.29) is 35.8 Å². The molecule has 9 heteroatoms. The van der Waals surface area contributed by atoms with Gasteiger partial charge in [-0.2, -0.15) is 0 Å². The van der Waals surface area contributed by atoms with E-state index in [4.69, 9.17) is 20.9 Å². The van der Waals surface area contributed by atoms with Gasteiger partial charge in [0.2, 0.25) is 5.91 Å². The van der Waals surface area contributed by atoms with Gasteiger partial charge in [-0.25, -0.2) is 4.99 Å². The van der Waals surface area contributed by atoms with Gasteiger partial charge in [-0.15, -0.1) is 24.0 Å². The number of amides is 1. The summed E-state index contributed by atoms with van der Waals surface area (Å²) in [5.41, 5.74) is 14.6. The Balaban J connectivity index is 0.00000363. The maximum atomic E-state index is 11.5. The van der Waals surface area contributed by atoms with Crippen LogP contribution in [-0.4, -0.2) is 44.1 Å². The summed E-state index contributed by atoms with van der Waals surface area (Å²) in [6.45, 7) is 2.96. The summed E-state index contributed by atoms with van der Waals surface area (Å²) in [6.07, 6.45) is 1.88. The van der Waals surface area contributed by atoms with E-state index < -0.39 is 0 Å². The highest BCUT2D eigenvalue weighted by Crippen LogP contribution is 2.29. The number of carbonyl (C=O) groups is 1. The molecule has 2 aromatic carbocycles. The van der Waals surface area contributed by atoms with Gasteiger partial charge in [0.1, 0.15) is 0 Å². The van der Waals surface area contributed by atoms with Crippen molar-refractivity contribution in [3.8, 4) is 11.5 Å². The standard InChI is InChI=1S/C23H31N5O3.HI/c1-30-20-9-8-19(12-21(20)31-2)27-23(25)26-13-16-5-3-6-17(11-16)14-28-10-4-7-18(15-28)22(24)29;/h3,5-6,8-9,11-12,18H,4,7,10,13-15H2,1-2H3,(H2,24,29)(H3,25,26,27);1H. The molecule has 1 aliphatic rings. The summed E-state index contributed by atoms with van der Waals surface area (Å²) in [6, 6.07) is 13.7. The molecule has 0 aliphatic carbocycles. The Bertz CT molecular complexity index is 938. The number of ether oxygens (including phenoxy) is 2. The number of piperidine rings is 1. The summed E-state index contributed by atoms with van der Waals surface area (Å²) in [4.78, 5) is 18.2. The fraction of sp³-hybridized carbons (Fsp3) is 0.391. The lowest BCUT2D eigenvalue weighted by Crippen LogP contribution is -2.40. The number of guanidine groups is 1. The molecule has 1 amide bonds. The number of benzene rings is 2. The fourth-order valence-electron chi connectivity index (χ4n) is 3.79. The third kappa shape index (κ3) is 7.27. The third-order valence-corrected chi connectivity index (χ3v) is 5.39. The normalized spacial score (nSPS) is 16.7. The molecule has 1 heterocycles. The molecule has 1 atom stereocenters. The second-order valence-electron chi connectivity index (χ2n) is 7.69. The average Bonchev–Trinajstić information content (AvgIpc) is 2.78. The lowest BCUT2D eigenvalue weighted by Gasteiger charge is -2.31. The number of carbonyl (C=O) groups excluding carboxylic acids is 1. The highest BCUT2D eigenvalue weighted by atomic mass is 127. The summed E-state index contributed by atoms with van der Waals surface area (Å²) >= 11 is 0. The Labute approximate surface area is 206 Å². The first kappa shape index (κ1) is 25.7. The molecule has 0 aromatic heterocycles. The van der Waals surface area contributed by atoms with Crippen LogP contribution in [0.3, 0.4) is 0 Å². The predicted octanol–water partition coefficient (Wildman–Crippen LogP) is 2.95. The van der Waals surface area contributed by atoms with Crippen molar-refractivity contribution in [3.05, 3.63) is 53.6 Å². The number of primary amides is 1. The number of nitrogens with zero attached hydrogens (tertiary/aromatic N) is 2. The molecule has 5 N–H and O–H groups in total. The second kappa shape index (κ2) is 12.5.